The first-order chi connectivity index (χ1) is 9.24. The first-order valence-corrected chi connectivity index (χ1v) is 7.38. The minimum atomic E-state index is 0.693. The second kappa shape index (κ2) is 4.07. The average Bonchev–Trinajstić information content (AvgIpc) is 2.87. The molecule has 0 aliphatic carbocycles. The molecule has 0 saturated carbocycles. The number of hydrogen-bond acceptors (Lipinski definition) is 5. The first-order valence-electron chi connectivity index (χ1n) is 7.38. The van der Waals surface area contributed by atoms with Gasteiger partial charge in [0.25, 0.3) is 0 Å². The van der Waals surface area contributed by atoms with Gasteiger partial charge in [-0.1, -0.05) is 0 Å². The maximum atomic E-state index is 4.78. The summed E-state index contributed by atoms with van der Waals surface area (Å²) in [6, 6.07) is 1.39. The molecule has 4 heterocycles. The van der Waals surface area contributed by atoms with Gasteiger partial charge in [-0.3, -0.25) is 0 Å². The number of fused-ring (bicyclic) bond motifs is 3. The molecule has 4 aliphatic rings. The highest BCUT2D eigenvalue weighted by Gasteiger charge is 2.43. The van der Waals surface area contributed by atoms with E-state index in [9.17, 15) is 0 Å². The van der Waals surface area contributed by atoms with Gasteiger partial charge in [-0.2, -0.15) is 4.99 Å². The summed E-state index contributed by atoms with van der Waals surface area (Å²) >= 11 is 0. The molecule has 0 aromatic rings. The Bertz CT molecular complexity index is 476. The quantitative estimate of drug-likeness (QED) is 0.665. The van der Waals surface area contributed by atoms with E-state index < -0.39 is 0 Å². The lowest BCUT2D eigenvalue weighted by molar-refractivity contribution is 0.109. The number of hydrazine groups is 1. The van der Waals surface area contributed by atoms with E-state index in [1.165, 1.54) is 32.1 Å². The Labute approximate surface area is 114 Å². The van der Waals surface area contributed by atoms with Crippen molar-refractivity contribution in [1.82, 2.24) is 14.9 Å². The Hall–Kier alpha value is -1.36. The van der Waals surface area contributed by atoms with E-state index in [2.05, 4.69) is 33.0 Å². The minimum Gasteiger partial charge on any atom is -0.335 e. The first kappa shape index (κ1) is 11.5. The number of amidine groups is 1. The summed E-state index contributed by atoms with van der Waals surface area (Å²) in [6.07, 6.45) is 8.87. The van der Waals surface area contributed by atoms with Crippen LogP contribution in [0.1, 0.15) is 39.0 Å². The number of piperidine rings is 1. The predicted octanol–water partition coefficient (Wildman–Crippen LogP) is 1.80. The Morgan fingerprint density at radius 1 is 1.11 bits per heavy atom. The van der Waals surface area contributed by atoms with Crippen molar-refractivity contribution in [3.05, 3.63) is 11.9 Å². The Morgan fingerprint density at radius 2 is 1.84 bits per heavy atom. The topological polar surface area (TPSA) is 34.4 Å². The maximum Gasteiger partial charge on any atom is 0.224 e. The van der Waals surface area contributed by atoms with Gasteiger partial charge in [-0.25, -0.2) is 15.0 Å². The van der Waals surface area contributed by atoms with Crippen molar-refractivity contribution in [2.24, 2.45) is 9.98 Å². The third kappa shape index (κ3) is 1.64. The van der Waals surface area contributed by atoms with Gasteiger partial charge in [0, 0.05) is 25.7 Å². The van der Waals surface area contributed by atoms with Crippen molar-refractivity contribution in [2.45, 2.75) is 51.1 Å². The van der Waals surface area contributed by atoms with E-state index in [4.69, 9.17) is 4.99 Å². The number of likely N-dealkylation sites (N-methyl/N-ethyl adjacent to an activating group) is 1. The summed E-state index contributed by atoms with van der Waals surface area (Å²) in [5.74, 6) is 3.05. The van der Waals surface area contributed by atoms with E-state index in [1.807, 2.05) is 6.92 Å². The van der Waals surface area contributed by atoms with Crippen LogP contribution in [0.3, 0.4) is 0 Å². The summed E-state index contributed by atoms with van der Waals surface area (Å²) < 4.78 is 0. The van der Waals surface area contributed by atoms with Gasteiger partial charge in [0.05, 0.1) is 0 Å². The van der Waals surface area contributed by atoms with Gasteiger partial charge in [0.1, 0.15) is 11.7 Å². The molecule has 2 atom stereocenters. The van der Waals surface area contributed by atoms with Crippen LogP contribution >= 0.6 is 0 Å². The fourth-order valence-corrected chi connectivity index (χ4v) is 3.90. The van der Waals surface area contributed by atoms with Crippen LogP contribution in [-0.4, -0.2) is 52.4 Å². The van der Waals surface area contributed by atoms with Crippen molar-refractivity contribution in [2.75, 3.05) is 13.6 Å². The van der Waals surface area contributed by atoms with Crippen molar-refractivity contribution >= 4 is 11.8 Å². The summed E-state index contributed by atoms with van der Waals surface area (Å²) in [6.45, 7) is 2.93. The van der Waals surface area contributed by atoms with Gasteiger partial charge < -0.3 is 4.90 Å². The van der Waals surface area contributed by atoms with Crippen LogP contribution in [0.4, 0.5) is 0 Å². The highest BCUT2D eigenvalue weighted by Crippen LogP contribution is 2.38. The SMILES string of the molecule is CC1=NC2=CCN(C)N2C(N2C3CCC[C@H]2CC3)=N1. The molecular weight excluding hydrogens is 238 g/mol. The molecule has 5 nitrogen and oxygen atoms in total. The lowest BCUT2D eigenvalue weighted by Gasteiger charge is -2.43. The zero-order valence-corrected chi connectivity index (χ0v) is 11.7. The van der Waals surface area contributed by atoms with Crippen LogP contribution in [-0.2, 0) is 0 Å². The molecule has 0 aromatic carbocycles. The van der Waals surface area contributed by atoms with E-state index in [-0.39, 0.29) is 0 Å². The molecule has 0 radical (unpaired) electrons. The monoisotopic (exact) mass is 259 g/mol. The summed E-state index contributed by atoms with van der Waals surface area (Å²) in [5.41, 5.74) is 0. The van der Waals surface area contributed by atoms with E-state index in [0.717, 1.165) is 24.2 Å². The zero-order chi connectivity index (χ0) is 13.0. The van der Waals surface area contributed by atoms with Crippen molar-refractivity contribution in [1.29, 1.82) is 0 Å². The van der Waals surface area contributed by atoms with Crippen LogP contribution in [0.2, 0.25) is 0 Å². The van der Waals surface area contributed by atoms with Gasteiger partial charge in [-0.15, -0.1) is 0 Å². The molecule has 0 amide bonds. The fraction of sp³-hybridized carbons (Fsp3) is 0.714. The molecule has 2 saturated heterocycles. The maximum absolute atomic E-state index is 4.78. The molecule has 2 fully saturated rings. The molecule has 4 aliphatic heterocycles. The highest BCUT2D eigenvalue weighted by atomic mass is 15.7. The summed E-state index contributed by atoms with van der Waals surface area (Å²) in [4.78, 5) is 11.9. The van der Waals surface area contributed by atoms with E-state index >= 15 is 0 Å². The summed E-state index contributed by atoms with van der Waals surface area (Å²) in [7, 11) is 2.11. The number of hydrogen-bond donors (Lipinski definition) is 0. The van der Waals surface area contributed by atoms with Crippen LogP contribution in [0.5, 0.6) is 0 Å². The molecule has 102 valence electrons. The Balaban J connectivity index is 1.73. The Kier molecular flexibility index (Phi) is 2.45. The van der Waals surface area contributed by atoms with Gasteiger partial charge >= 0.3 is 0 Å². The normalized spacial score (nSPS) is 34.1. The molecule has 5 heteroatoms. The zero-order valence-electron chi connectivity index (χ0n) is 11.7. The molecule has 0 aromatic heterocycles. The average molecular weight is 259 g/mol. The summed E-state index contributed by atoms with van der Waals surface area (Å²) in [5, 5.41) is 4.40. The molecule has 19 heavy (non-hydrogen) atoms. The number of aliphatic imine (C=N–C) groups is 2. The lowest BCUT2D eigenvalue weighted by Crippen LogP contribution is -2.55. The van der Waals surface area contributed by atoms with Crippen LogP contribution in [0.15, 0.2) is 21.9 Å². The lowest BCUT2D eigenvalue weighted by atomic mass is 10.0. The van der Waals surface area contributed by atoms with Crippen LogP contribution < -0.4 is 0 Å². The molecular formula is C14H21N5. The standard InChI is InChI=1S/C14H21N5/c1-10-15-13-8-9-17(2)19(13)14(16-10)18-11-4-3-5-12(18)7-6-11/h8,11-12H,3-7,9H2,1-2H3/t11-,12?/m0/s1. The number of guanidine groups is 1. The van der Waals surface area contributed by atoms with E-state index in [1.54, 1.807) is 0 Å². The number of rotatable bonds is 0. The fourth-order valence-electron chi connectivity index (χ4n) is 3.90. The molecule has 1 unspecified atom stereocenters. The third-order valence-corrected chi connectivity index (χ3v) is 4.75. The van der Waals surface area contributed by atoms with Gasteiger partial charge in [0.2, 0.25) is 5.96 Å². The van der Waals surface area contributed by atoms with Crippen molar-refractivity contribution < 1.29 is 0 Å². The van der Waals surface area contributed by atoms with E-state index in [0.29, 0.717) is 12.1 Å². The van der Waals surface area contributed by atoms with Crippen molar-refractivity contribution in [3.63, 3.8) is 0 Å². The predicted molar refractivity (Wildman–Crippen MR) is 75.6 cm³/mol. The second-order valence-electron chi connectivity index (χ2n) is 6.01. The van der Waals surface area contributed by atoms with Crippen molar-refractivity contribution in [3.8, 4) is 0 Å². The second-order valence-corrected chi connectivity index (χ2v) is 6.01. The molecule has 2 bridgehead atoms. The largest absolute Gasteiger partial charge is 0.335 e. The minimum absolute atomic E-state index is 0.693. The van der Waals surface area contributed by atoms with Gasteiger partial charge in [0.15, 0.2) is 0 Å². The molecule has 4 rings (SSSR count). The molecule has 0 N–H and O–H groups in total. The highest BCUT2D eigenvalue weighted by molar-refractivity contribution is 5.98. The Morgan fingerprint density at radius 3 is 2.58 bits per heavy atom. The molecule has 0 spiro atoms. The third-order valence-electron chi connectivity index (χ3n) is 4.75. The smallest absolute Gasteiger partial charge is 0.224 e. The van der Waals surface area contributed by atoms with Gasteiger partial charge in [-0.05, 0) is 45.1 Å². The van der Waals surface area contributed by atoms with Crippen LogP contribution in [0, 0.1) is 0 Å². The van der Waals surface area contributed by atoms with Crippen LogP contribution in [0.25, 0.3) is 0 Å². The number of nitrogens with zero attached hydrogens (tertiary/aromatic N) is 5.